The summed E-state index contributed by atoms with van der Waals surface area (Å²) >= 11 is 0. The quantitative estimate of drug-likeness (QED) is 0.0666. The summed E-state index contributed by atoms with van der Waals surface area (Å²) in [5.74, 6) is -1.11. The van der Waals surface area contributed by atoms with Crippen molar-refractivity contribution in [1.29, 1.82) is 0 Å². The monoisotopic (exact) mass is 750 g/mol. The largest absolute Gasteiger partial charge is 0.277 e. The number of rotatable bonds is 13. The fourth-order valence-corrected chi connectivity index (χ4v) is 7.49. The van der Waals surface area contributed by atoms with E-state index in [1.807, 2.05) is 84.9 Å². The number of hydrogen-bond acceptors (Lipinski definition) is 6. The molecule has 2 aliphatic heterocycles. The van der Waals surface area contributed by atoms with Crippen molar-refractivity contribution in [2.24, 2.45) is 10.2 Å². The second kappa shape index (κ2) is 16.1. The minimum atomic E-state index is -0.307. The van der Waals surface area contributed by atoms with Gasteiger partial charge in [0.2, 0.25) is 0 Å². The van der Waals surface area contributed by atoms with Crippen LogP contribution in [0.25, 0.3) is 0 Å². The van der Waals surface area contributed by atoms with Crippen LogP contribution in [0, 0.1) is 6.92 Å². The minimum Gasteiger partial charge on any atom is -0.277 e. The molecule has 282 valence electrons. The molecule has 2 heterocycles. The Morgan fingerprint density at radius 1 is 0.421 bits per heavy atom. The van der Waals surface area contributed by atoms with Gasteiger partial charge in [0.05, 0.1) is 39.3 Å². The number of aryl methyl sites for hydroxylation is 3. The van der Waals surface area contributed by atoms with Gasteiger partial charge in [-0.05, 0) is 139 Å². The van der Waals surface area contributed by atoms with Crippen LogP contribution in [0.2, 0.25) is 0 Å². The van der Waals surface area contributed by atoms with E-state index < -0.39 is 0 Å². The van der Waals surface area contributed by atoms with Crippen molar-refractivity contribution < 1.29 is 19.2 Å². The number of benzene rings is 6. The molecule has 6 aromatic rings. The summed E-state index contributed by atoms with van der Waals surface area (Å²) < 4.78 is 0. The predicted molar refractivity (Wildman–Crippen MR) is 222 cm³/mol. The number of hydrogen-bond donors (Lipinski definition) is 0. The van der Waals surface area contributed by atoms with Crippen LogP contribution in [0.15, 0.2) is 144 Å². The Kier molecular flexibility index (Phi) is 10.5. The van der Waals surface area contributed by atoms with Crippen LogP contribution >= 0.6 is 0 Å². The lowest BCUT2D eigenvalue weighted by Crippen LogP contribution is -2.29. The Hall–Kier alpha value is -6.80. The maximum atomic E-state index is 13.5. The van der Waals surface area contributed by atoms with Crippen molar-refractivity contribution in [3.63, 3.8) is 0 Å². The molecule has 57 heavy (non-hydrogen) atoms. The Morgan fingerprint density at radius 3 is 1.32 bits per heavy atom. The van der Waals surface area contributed by atoms with E-state index in [-0.39, 0.29) is 23.6 Å². The third-order valence-electron chi connectivity index (χ3n) is 10.8. The van der Waals surface area contributed by atoms with Gasteiger partial charge in [0, 0.05) is 7.05 Å². The van der Waals surface area contributed by atoms with Crippen molar-refractivity contribution in [2.75, 3.05) is 11.9 Å². The molecule has 0 fully saturated rings. The average Bonchev–Trinajstić information content (AvgIpc) is 3.61. The van der Waals surface area contributed by atoms with Gasteiger partial charge >= 0.3 is 0 Å². The standard InChI is InChI=1S/C49H42N4O4/c1-32-8-10-35(11-9-32)28-36-12-20-39(21-13-36)50-51-40-22-14-37(15-23-40)29-38-16-24-41(25-17-38)53-48(56)43-27-19-34(31-45(43)49(53)57)7-5-3-4-6-33-18-26-42-44(30-33)47(55)52(2)46(42)54/h8-27,30-31H,3-7,28-29H2,1-2H3/b51-50+. The summed E-state index contributed by atoms with van der Waals surface area (Å²) in [6.45, 7) is 2.09. The number of azo groups is 1. The van der Waals surface area contributed by atoms with Gasteiger partial charge in [-0.1, -0.05) is 84.8 Å². The molecule has 0 unspecified atom stereocenters. The predicted octanol–water partition coefficient (Wildman–Crippen LogP) is 10.6. The first kappa shape index (κ1) is 37.1. The lowest BCUT2D eigenvalue weighted by atomic mass is 9.99. The number of fused-ring (bicyclic) bond motifs is 2. The first-order valence-electron chi connectivity index (χ1n) is 19.4. The zero-order chi connectivity index (χ0) is 39.5. The van der Waals surface area contributed by atoms with E-state index >= 15 is 0 Å². The lowest BCUT2D eigenvalue weighted by molar-refractivity contribution is 0.0692. The molecule has 0 saturated heterocycles. The molecule has 0 aliphatic carbocycles. The van der Waals surface area contributed by atoms with E-state index in [9.17, 15) is 19.2 Å². The molecule has 0 radical (unpaired) electrons. The fraction of sp³-hybridized carbons (Fsp3) is 0.184. The van der Waals surface area contributed by atoms with E-state index in [2.05, 4.69) is 53.6 Å². The van der Waals surface area contributed by atoms with Gasteiger partial charge < -0.3 is 0 Å². The highest BCUT2D eigenvalue weighted by molar-refractivity contribution is 6.34. The summed E-state index contributed by atoms with van der Waals surface area (Å²) in [7, 11) is 1.51. The average molecular weight is 751 g/mol. The zero-order valence-corrected chi connectivity index (χ0v) is 32.1. The number of imide groups is 2. The van der Waals surface area contributed by atoms with Crippen LogP contribution in [0.3, 0.4) is 0 Å². The number of amides is 4. The normalized spacial score (nSPS) is 13.6. The lowest BCUT2D eigenvalue weighted by Gasteiger charge is -2.14. The van der Waals surface area contributed by atoms with Crippen LogP contribution in [0.5, 0.6) is 0 Å². The summed E-state index contributed by atoms with van der Waals surface area (Å²) in [5.41, 5.74) is 11.9. The smallest absolute Gasteiger partial charge is 0.266 e. The van der Waals surface area contributed by atoms with Crippen molar-refractivity contribution >= 4 is 40.7 Å². The molecule has 8 heteroatoms. The molecule has 2 aliphatic rings. The van der Waals surface area contributed by atoms with Crippen molar-refractivity contribution in [3.8, 4) is 0 Å². The molecule has 8 nitrogen and oxygen atoms in total. The zero-order valence-electron chi connectivity index (χ0n) is 32.1. The topological polar surface area (TPSA) is 99.5 Å². The Labute approximate surface area is 332 Å². The summed E-state index contributed by atoms with van der Waals surface area (Å²) in [6.07, 6.45) is 6.00. The van der Waals surface area contributed by atoms with Gasteiger partial charge in [-0.2, -0.15) is 10.2 Å². The van der Waals surface area contributed by atoms with E-state index in [0.717, 1.165) is 77.1 Å². The molecular formula is C49H42N4O4. The van der Waals surface area contributed by atoms with E-state index in [4.69, 9.17) is 0 Å². The fourth-order valence-electron chi connectivity index (χ4n) is 7.49. The van der Waals surface area contributed by atoms with Gasteiger partial charge in [-0.3, -0.25) is 24.1 Å². The molecule has 8 rings (SSSR count). The van der Waals surface area contributed by atoms with Crippen LogP contribution < -0.4 is 4.90 Å². The molecule has 0 saturated carbocycles. The molecule has 0 bridgehead atoms. The Balaban J connectivity index is 0.813. The van der Waals surface area contributed by atoms with Gasteiger partial charge in [0.25, 0.3) is 23.6 Å². The van der Waals surface area contributed by atoms with E-state index in [1.165, 1.54) is 28.6 Å². The second-order valence-electron chi connectivity index (χ2n) is 15.0. The minimum absolute atomic E-state index is 0.248. The van der Waals surface area contributed by atoms with Crippen LogP contribution in [-0.4, -0.2) is 35.6 Å². The number of anilines is 1. The molecule has 4 amide bonds. The molecule has 0 N–H and O–H groups in total. The second-order valence-corrected chi connectivity index (χ2v) is 15.0. The number of nitrogens with zero attached hydrogens (tertiary/aromatic N) is 4. The molecule has 6 aromatic carbocycles. The van der Waals surface area contributed by atoms with Crippen LogP contribution in [-0.2, 0) is 25.7 Å². The number of carbonyl (C=O) groups is 4. The van der Waals surface area contributed by atoms with Gasteiger partial charge in [0.1, 0.15) is 0 Å². The molecular weight excluding hydrogens is 709 g/mol. The van der Waals surface area contributed by atoms with Crippen molar-refractivity contribution in [2.45, 2.75) is 51.9 Å². The van der Waals surface area contributed by atoms with Crippen molar-refractivity contribution in [1.82, 2.24) is 4.90 Å². The van der Waals surface area contributed by atoms with Crippen molar-refractivity contribution in [3.05, 3.63) is 195 Å². The summed E-state index contributed by atoms with van der Waals surface area (Å²) in [6, 6.07) is 43.4. The van der Waals surface area contributed by atoms with E-state index in [1.54, 1.807) is 12.1 Å². The maximum absolute atomic E-state index is 13.5. The maximum Gasteiger partial charge on any atom is 0.266 e. The van der Waals surface area contributed by atoms with E-state index in [0.29, 0.717) is 34.4 Å². The first-order valence-corrected chi connectivity index (χ1v) is 19.4. The summed E-state index contributed by atoms with van der Waals surface area (Å²) in [4.78, 5) is 53.8. The van der Waals surface area contributed by atoms with Crippen LogP contribution in [0.1, 0.15) is 99.6 Å². The number of unbranched alkanes of at least 4 members (excludes halogenated alkanes) is 2. The van der Waals surface area contributed by atoms with Crippen LogP contribution in [0.4, 0.5) is 17.1 Å². The molecule has 0 spiro atoms. The summed E-state index contributed by atoms with van der Waals surface area (Å²) in [5, 5.41) is 8.85. The van der Waals surface area contributed by atoms with Gasteiger partial charge in [0.15, 0.2) is 0 Å². The highest BCUT2D eigenvalue weighted by atomic mass is 16.2. The van der Waals surface area contributed by atoms with Gasteiger partial charge in [-0.25, -0.2) is 4.90 Å². The molecule has 0 atom stereocenters. The Bertz CT molecular complexity index is 2520. The third-order valence-corrected chi connectivity index (χ3v) is 10.8. The Morgan fingerprint density at radius 2 is 0.807 bits per heavy atom. The highest BCUT2D eigenvalue weighted by Gasteiger charge is 2.37. The first-order chi connectivity index (χ1) is 27.7. The number of carbonyl (C=O) groups excluding carboxylic acids is 4. The molecule has 0 aromatic heterocycles. The van der Waals surface area contributed by atoms with Gasteiger partial charge in [-0.15, -0.1) is 0 Å². The highest BCUT2D eigenvalue weighted by Crippen LogP contribution is 2.31. The SMILES string of the molecule is Cc1ccc(Cc2ccc(/N=N/c3ccc(Cc4ccc(N5C(=O)c6ccc(CCCCCc7ccc8c(c7)C(=O)N(C)C8=O)cc6C5=O)cc4)cc3)cc2)cc1. The third kappa shape index (κ3) is 8.12.